The van der Waals surface area contributed by atoms with Gasteiger partial charge in [-0.1, -0.05) is 31.4 Å². The maximum absolute atomic E-state index is 13.6. The lowest BCUT2D eigenvalue weighted by atomic mass is 9.82. The Hall–Kier alpha value is -1.38. The van der Waals surface area contributed by atoms with E-state index in [-0.39, 0.29) is 17.7 Å². The molecule has 0 amide bonds. The predicted molar refractivity (Wildman–Crippen MR) is 68.1 cm³/mol. The van der Waals surface area contributed by atoms with E-state index < -0.39 is 5.97 Å². The van der Waals surface area contributed by atoms with Crippen molar-refractivity contribution >= 4 is 5.97 Å². The van der Waals surface area contributed by atoms with E-state index in [1.165, 1.54) is 6.07 Å². The van der Waals surface area contributed by atoms with E-state index in [4.69, 9.17) is 0 Å². The maximum atomic E-state index is 13.6. The molecule has 2 unspecified atom stereocenters. The van der Waals surface area contributed by atoms with Crippen molar-refractivity contribution in [3.63, 3.8) is 0 Å². The Kier molecular flexibility index (Phi) is 4.00. The third-order valence-electron chi connectivity index (χ3n) is 3.96. The van der Waals surface area contributed by atoms with Crippen molar-refractivity contribution in [2.45, 2.75) is 44.9 Å². The molecule has 0 radical (unpaired) electrons. The van der Waals surface area contributed by atoms with E-state index in [1.807, 2.05) is 6.07 Å². The van der Waals surface area contributed by atoms with Crippen LogP contribution >= 0.6 is 0 Å². The van der Waals surface area contributed by atoms with E-state index in [1.54, 1.807) is 13.0 Å². The number of halogens is 1. The minimum absolute atomic E-state index is 0.0416. The van der Waals surface area contributed by atoms with Crippen LogP contribution in [-0.2, 0) is 4.79 Å². The van der Waals surface area contributed by atoms with Gasteiger partial charge in [-0.3, -0.25) is 4.79 Å². The fourth-order valence-electron chi connectivity index (χ4n) is 2.84. The number of carboxylic acids is 1. The topological polar surface area (TPSA) is 37.3 Å². The van der Waals surface area contributed by atoms with Crippen LogP contribution in [0, 0.1) is 18.7 Å². The van der Waals surface area contributed by atoms with E-state index in [0.29, 0.717) is 12.0 Å². The average molecular weight is 250 g/mol. The Morgan fingerprint density at radius 1 is 1.28 bits per heavy atom. The predicted octanol–water partition coefficient (Wildman–Crippen LogP) is 3.88. The number of hydrogen-bond acceptors (Lipinski definition) is 1. The lowest BCUT2D eigenvalue weighted by Crippen LogP contribution is -2.21. The van der Waals surface area contributed by atoms with Crippen molar-refractivity contribution < 1.29 is 14.3 Å². The second-order valence-corrected chi connectivity index (χ2v) is 5.20. The van der Waals surface area contributed by atoms with Gasteiger partial charge in [-0.2, -0.15) is 0 Å². The van der Waals surface area contributed by atoms with Gasteiger partial charge in [-0.05, 0) is 42.9 Å². The summed E-state index contributed by atoms with van der Waals surface area (Å²) in [5.41, 5.74) is 1.45. The summed E-state index contributed by atoms with van der Waals surface area (Å²) in [6.45, 7) is 1.72. The molecule has 2 rings (SSSR count). The number of benzene rings is 1. The van der Waals surface area contributed by atoms with Crippen LogP contribution in [0.25, 0.3) is 0 Å². The molecule has 2 nitrogen and oxygen atoms in total. The third kappa shape index (κ3) is 2.71. The second-order valence-electron chi connectivity index (χ2n) is 5.20. The van der Waals surface area contributed by atoms with Crippen molar-refractivity contribution in [3.05, 3.63) is 35.1 Å². The lowest BCUT2D eigenvalue weighted by Gasteiger charge is -2.22. The van der Waals surface area contributed by atoms with Crippen molar-refractivity contribution in [2.24, 2.45) is 5.92 Å². The monoisotopic (exact) mass is 250 g/mol. The molecule has 1 saturated carbocycles. The molecule has 1 aliphatic carbocycles. The molecular weight excluding hydrogens is 231 g/mol. The van der Waals surface area contributed by atoms with Gasteiger partial charge in [0.15, 0.2) is 0 Å². The van der Waals surface area contributed by atoms with Gasteiger partial charge < -0.3 is 5.11 Å². The number of carbonyl (C=O) groups is 1. The van der Waals surface area contributed by atoms with E-state index in [9.17, 15) is 14.3 Å². The van der Waals surface area contributed by atoms with Crippen LogP contribution in [-0.4, -0.2) is 11.1 Å². The largest absolute Gasteiger partial charge is 0.481 e. The van der Waals surface area contributed by atoms with Gasteiger partial charge in [0.05, 0.1) is 5.92 Å². The Morgan fingerprint density at radius 2 is 2.00 bits per heavy atom. The summed E-state index contributed by atoms with van der Waals surface area (Å²) < 4.78 is 13.6. The van der Waals surface area contributed by atoms with Crippen molar-refractivity contribution in [3.8, 4) is 0 Å². The van der Waals surface area contributed by atoms with Gasteiger partial charge >= 0.3 is 5.97 Å². The van der Waals surface area contributed by atoms with Gasteiger partial charge in [-0.25, -0.2) is 4.39 Å². The zero-order valence-corrected chi connectivity index (χ0v) is 10.7. The highest BCUT2D eigenvalue weighted by atomic mass is 19.1. The molecule has 0 bridgehead atoms. The molecular formula is C15H19FO2. The highest BCUT2D eigenvalue weighted by Crippen LogP contribution is 2.37. The maximum Gasteiger partial charge on any atom is 0.307 e. The summed E-state index contributed by atoms with van der Waals surface area (Å²) in [7, 11) is 0. The van der Waals surface area contributed by atoms with Crippen LogP contribution in [0.1, 0.15) is 49.1 Å². The van der Waals surface area contributed by atoms with Gasteiger partial charge in [0.1, 0.15) is 5.82 Å². The molecule has 1 N–H and O–H groups in total. The summed E-state index contributed by atoms with van der Waals surface area (Å²) in [5, 5.41) is 9.33. The minimum Gasteiger partial charge on any atom is -0.481 e. The highest BCUT2D eigenvalue weighted by molar-refractivity contribution is 5.71. The molecule has 1 aromatic rings. The molecule has 1 fully saturated rings. The van der Waals surface area contributed by atoms with E-state index in [0.717, 1.165) is 31.2 Å². The van der Waals surface area contributed by atoms with Gasteiger partial charge in [-0.15, -0.1) is 0 Å². The van der Waals surface area contributed by atoms with Gasteiger partial charge in [0.2, 0.25) is 0 Å². The highest BCUT2D eigenvalue weighted by Gasteiger charge is 2.30. The van der Waals surface area contributed by atoms with Gasteiger partial charge in [0, 0.05) is 0 Å². The molecule has 0 aromatic heterocycles. The molecule has 3 heteroatoms. The minimum atomic E-state index is -0.747. The number of carboxylic acid groups (broad SMARTS) is 1. The van der Waals surface area contributed by atoms with E-state index in [2.05, 4.69) is 0 Å². The third-order valence-corrected chi connectivity index (χ3v) is 3.96. The normalized spacial score (nSPS) is 24.6. The Morgan fingerprint density at radius 3 is 2.67 bits per heavy atom. The second kappa shape index (κ2) is 5.51. The zero-order valence-electron chi connectivity index (χ0n) is 10.7. The van der Waals surface area contributed by atoms with Crippen LogP contribution in [0.15, 0.2) is 18.2 Å². The molecule has 0 saturated heterocycles. The average Bonchev–Trinajstić information content (AvgIpc) is 2.58. The molecule has 0 aliphatic heterocycles. The quantitative estimate of drug-likeness (QED) is 0.809. The zero-order chi connectivity index (χ0) is 13.1. The van der Waals surface area contributed by atoms with Crippen LogP contribution in [0.2, 0.25) is 0 Å². The van der Waals surface area contributed by atoms with Gasteiger partial charge in [0.25, 0.3) is 0 Å². The Bertz CT molecular complexity index is 442. The smallest absolute Gasteiger partial charge is 0.307 e. The summed E-state index contributed by atoms with van der Waals surface area (Å²) in [4.78, 5) is 11.3. The Labute approximate surface area is 107 Å². The molecule has 2 atom stereocenters. The summed E-state index contributed by atoms with van der Waals surface area (Å²) in [6, 6.07) is 5.14. The summed E-state index contributed by atoms with van der Waals surface area (Å²) in [5.74, 6) is -1.39. The van der Waals surface area contributed by atoms with Crippen molar-refractivity contribution in [1.82, 2.24) is 0 Å². The number of rotatable bonds is 2. The van der Waals surface area contributed by atoms with Crippen LogP contribution in [0.4, 0.5) is 4.39 Å². The van der Waals surface area contributed by atoms with Crippen LogP contribution < -0.4 is 0 Å². The first-order valence-electron chi connectivity index (χ1n) is 6.58. The van der Waals surface area contributed by atoms with Crippen LogP contribution in [0.5, 0.6) is 0 Å². The number of hydrogen-bond donors (Lipinski definition) is 1. The summed E-state index contributed by atoms with van der Waals surface area (Å²) >= 11 is 0. The SMILES string of the molecule is Cc1ccc(C2CCCCCC2C(=O)O)cc1F. The molecule has 1 aromatic carbocycles. The molecule has 0 heterocycles. The van der Waals surface area contributed by atoms with E-state index >= 15 is 0 Å². The molecule has 0 spiro atoms. The van der Waals surface area contributed by atoms with Crippen molar-refractivity contribution in [1.29, 1.82) is 0 Å². The molecule has 1 aliphatic rings. The lowest BCUT2D eigenvalue weighted by molar-refractivity contribution is -0.142. The first-order valence-corrected chi connectivity index (χ1v) is 6.58. The molecule has 98 valence electrons. The standard InChI is InChI=1S/C15H19FO2/c1-10-7-8-11(9-14(10)16)12-5-3-2-4-6-13(12)15(17)18/h7-9,12-13H,2-6H2,1H3,(H,17,18). The molecule has 18 heavy (non-hydrogen) atoms. The number of aryl methyl sites for hydroxylation is 1. The fourth-order valence-corrected chi connectivity index (χ4v) is 2.84. The first kappa shape index (κ1) is 13.1. The van der Waals surface area contributed by atoms with Crippen LogP contribution in [0.3, 0.4) is 0 Å². The summed E-state index contributed by atoms with van der Waals surface area (Å²) in [6.07, 6.45) is 4.62. The Balaban J connectivity index is 2.31. The fraction of sp³-hybridized carbons (Fsp3) is 0.533. The van der Waals surface area contributed by atoms with Crippen molar-refractivity contribution in [2.75, 3.05) is 0 Å². The number of aliphatic carboxylic acids is 1. The first-order chi connectivity index (χ1) is 8.59.